The maximum absolute atomic E-state index is 14.2. The predicted molar refractivity (Wildman–Crippen MR) is 146 cm³/mol. The summed E-state index contributed by atoms with van der Waals surface area (Å²) in [6, 6.07) is 15.6. The van der Waals surface area contributed by atoms with Crippen molar-refractivity contribution in [2.24, 2.45) is 5.16 Å². The SMILES string of the molecule is CO/N=C(\C)c1cccc2c(Cl)c([C@H](C)Nc3ncnc4[nH]ccc(=O)c34)n(-c3ccccc3)c(=O)c12. The molecule has 5 rings (SSSR count). The lowest BCUT2D eigenvalue weighted by molar-refractivity contribution is 0.213. The van der Waals surface area contributed by atoms with E-state index in [-0.39, 0.29) is 11.0 Å². The summed E-state index contributed by atoms with van der Waals surface area (Å²) < 4.78 is 1.58. The molecule has 0 aliphatic rings. The number of anilines is 1. The number of oxime groups is 1. The summed E-state index contributed by atoms with van der Waals surface area (Å²) in [7, 11) is 1.46. The third kappa shape index (κ3) is 4.23. The van der Waals surface area contributed by atoms with Crippen LogP contribution < -0.4 is 16.3 Å². The van der Waals surface area contributed by atoms with Crippen LogP contribution in [0.4, 0.5) is 5.82 Å². The molecule has 3 aromatic heterocycles. The number of aromatic amines is 1. The summed E-state index contributed by atoms with van der Waals surface area (Å²) in [5.41, 5.74) is 2.24. The van der Waals surface area contributed by atoms with Gasteiger partial charge in [-0.15, -0.1) is 0 Å². The summed E-state index contributed by atoms with van der Waals surface area (Å²) in [5, 5.41) is 9.03. The molecule has 0 aliphatic carbocycles. The largest absolute Gasteiger partial charge is 0.399 e. The third-order valence-electron chi connectivity index (χ3n) is 6.13. The highest BCUT2D eigenvalue weighted by molar-refractivity contribution is 6.36. The molecule has 2 N–H and O–H groups in total. The number of benzene rings is 2. The molecule has 1 atom stereocenters. The molecule has 37 heavy (non-hydrogen) atoms. The number of nitrogens with one attached hydrogen (secondary N) is 2. The van der Waals surface area contributed by atoms with Gasteiger partial charge in [-0.1, -0.05) is 53.2 Å². The quantitative estimate of drug-likeness (QED) is 0.248. The Balaban J connectivity index is 1.79. The first-order valence-corrected chi connectivity index (χ1v) is 11.9. The van der Waals surface area contributed by atoms with Gasteiger partial charge in [-0.05, 0) is 26.0 Å². The highest BCUT2D eigenvalue weighted by Gasteiger charge is 2.24. The molecule has 186 valence electrons. The minimum atomic E-state index is -0.528. The van der Waals surface area contributed by atoms with Crippen LogP contribution in [-0.2, 0) is 4.84 Å². The fourth-order valence-electron chi connectivity index (χ4n) is 4.52. The van der Waals surface area contributed by atoms with Crippen molar-refractivity contribution in [1.29, 1.82) is 0 Å². The number of rotatable bonds is 6. The zero-order chi connectivity index (χ0) is 26.1. The number of para-hydroxylation sites is 1. The highest BCUT2D eigenvalue weighted by Crippen LogP contribution is 2.34. The van der Waals surface area contributed by atoms with Crippen molar-refractivity contribution in [3.8, 4) is 5.69 Å². The van der Waals surface area contributed by atoms with Crippen molar-refractivity contribution in [2.75, 3.05) is 12.4 Å². The summed E-state index contributed by atoms with van der Waals surface area (Å²) in [5.74, 6) is 0.333. The Labute approximate surface area is 216 Å². The summed E-state index contributed by atoms with van der Waals surface area (Å²) >= 11 is 7.06. The van der Waals surface area contributed by atoms with Crippen LogP contribution in [0.3, 0.4) is 0 Å². The molecule has 0 unspecified atom stereocenters. The van der Waals surface area contributed by atoms with E-state index >= 15 is 0 Å². The van der Waals surface area contributed by atoms with Gasteiger partial charge in [-0.2, -0.15) is 0 Å². The van der Waals surface area contributed by atoms with Crippen LogP contribution in [0.5, 0.6) is 0 Å². The van der Waals surface area contributed by atoms with E-state index in [2.05, 4.69) is 25.4 Å². The van der Waals surface area contributed by atoms with Crippen molar-refractivity contribution >= 4 is 44.9 Å². The normalized spacial score (nSPS) is 12.6. The Hall–Kier alpha value is -4.50. The van der Waals surface area contributed by atoms with Crippen LogP contribution in [0.1, 0.15) is 31.1 Å². The van der Waals surface area contributed by atoms with Crippen LogP contribution in [0.2, 0.25) is 5.02 Å². The van der Waals surface area contributed by atoms with E-state index in [4.69, 9.17) is 16.4 Å². The topological polar surface area (TPSA) is 114 Å². The lowest BCUT2D eigenvalue weighted by Gasteiger charge is -2.24. The molecule has 0 saturated heterocycles. The first-order valence-electron chi connectivity index (χ1n) is 11.5. The summed E-state index contributed by atoms with van der Waals surface area (Å²) in [4.78, 5) is 43.1. The van der Waals surface area contributed by atoms with Crippen molar-refractivity contribution < 1.29 is 4.84 Å². The van der Waals surface area contributed by atoms with Crippen molar-refractivity contribution in [3.05, 3.63) is 104 Å². The van der Waals surface area contributed by atoms with Gasteiger partial charge >= 0.3 is 0 Å². The number of pyridine rings is 2. The monoisotopic (exact) mass is 514 g/mol. The first-order chi connectivity index (χ1) is 17.9. The van der Waals surface area contributed by atoms with Gasteiger partial charge in [0.15, 0.2) is 5.43 Å². The van der Waals surface area contributed by atoms with Crippen LogP contribution in [0.15, 0.2) is 81.9 Å². The Morgan fingerprint density at radius 3 is 2.62 bits per heavy atom. The molecule has 5 aromatic rings. The Morgan fingerprint density at radius 2 is 1.86 bits per heavy atom. The third-order valence-corrected chi connectivity index (χ3v) is 6.53. The number of H-pyrrole nitrogens is 1. The number of hydrogen-bond acceptors (Lipinski definition) is 7. The maximum atomic E-state index is 14.2. The lowest BCUT2D eigenvalue weighted by Crippen LogP contribution is -2.27. The number of halogens is 1. The fraction of sp³-hybridized carbons (Fsp3) is 0.148. The van der Waals surface area contributed by atoms with E-state index < -0.39 is 6.04 Å². The standard InChI is InChI=1S/C27H23ClN6O3/c1-15(33-37-3)18-10-7-11-19-21(18)27(36)34(17-8-5-4-6-9-17)24(23(19)28)16(2)32-26-22-20(35)12-13-29-25(22)30-14-31-26/h4-14,16H,1-3H3,(H2,29,30,31,32,35)/b33-15+/t16-/m0/s1. The summed E-state index contributed by atoms with van der Waals surface area (Å²) in [6.45, 7) is 3.63. The molecule has 0 spiro atoms. The molecule has 0 radical (unpaired) electrons. The van der Waals surface area contributed by atoms with Crippen molar-refractivity contribution in [1.82, 2.24) is 19.5 Å². The second kappa shape index (κ2) is 9.87. The van der Waals surface area contributed by atoms with Crippen molar-refractivity contribution in [2.45, 2.75) is 19.9 Å². The molecular formula is C27H23ClN6O3. The number of nitrogens with zero attached hydrogens (tertiary/aromatic N) is 4. The second-order valence-corrected chi connectivity index (χ2v) is 8.79. The second-order valence-electron chi connectivity index (χ2n) is 8.42. The van der Waals surface area contributed by atoms with E-state index in [1.807, 2.05) is 49.4 Å². The Morgan fingerprint density at radius 1 is 1.08 bits per heavy atom. The maximum Gasteiger partial charge on any atom is 0.264 e. The number of aromatic nitrogens is 4. The number of fused-ring (bicyclic) bond motifs is 2. The Bertz CT molecular complexity index is 1770. The molecular weight excluding hydrogens is 492 g/mol. The minimum Gasteiger partial charge on any atom is -0.399 e. The Kier molecular flexibility index (Phi) is 6.45. The number of hydrogen-bond donors (Lipinski definition) is 2. The zero-order valence-corrected chi connectivity index (χ0v) is 21.1. The molecule has 9 nitrogen and oxygen atoms in total. The average molecular weight is 515 g/mol. The van der Waals surface area contributed by atoms with Crippen LogP contribution >= 0.6 is 11.6 Å². The van der Waals surface area contributed by atoms with Gasteiger partial charge in [0.25, 0.3) is 5.56 Å². The van der Waals surface area contributed by atoms with Gasteiger partial charge in [-0.3, -0.25) is 14.2 Å². The van der Waals surface area contributed by atoms with E-state index in [1.165, 1.54) is 25.7 Å². The zero-order valence-electron chi connectivity index (χ0n) is 20.3. The van der Waals surface area contributed by atoms with E-state index in [0.717, 1.165) is 0 Å². The molecule has 0 fully saturated rings. The predicted octanol–water partition coefficient (Wildman–Crippen LogP) is 4.82. The van der Waals surface area contributed by atoms with Gasteiger partial charge < -0.3 is 15.1 Å². The van der Waals surface area contributed by atoms with Crippen molar-refractivity contribution in [3.63, 3.8) is 0 Å². The van der Waals surface area contributed by atoms with E-state index in [9.17, 15) is 9.59 Å². The van der Waals surface area contributed by atoms with E-state index in [1.54, 1.807) is 17.6 Å². The van der Waals surface area contributed by atoms with Crippen LogP contribution in [0.25, 0.3) is 27.5 Å². The first kappa shape index (κ1) is 24.2. The summed E-state index contributed by atoms with van der Waals surface area (Å²) in [6.07, 6.45) is 2.90. The van der Waals surface area contributed by atoms with Crippen LogP contribution in [0, 0.1) is 0 Å². The van der Waals surface area contributed by atoms with E-state index in [0.29, 0.717) is 55.3 Å². The molecule has 0 saturated carbocycles. The molecule has 2 aromatic carbocycles. The molecule has 3 heterocycles. The molecule has 0 aliphatic heterocycles. The lowest BCUT2D eigenvalue weighted by atomic mass is 10.0. The van der Waals surface area contributed by atoms with Crippen LogP contribution in [-0.4, -0.2) is 32.3 Å². The smallest absolute Gasteiger partial charge is 0.264 e. The van der Waals surface area contributed by atoms with Gasteiger partial charge in [0, 0.05) is 28.9 Å². The average Bonchev–Trinajstić information content (AvgIpc) is 2.91. The van der Waals surface area contributed by atoms with Gasteiger partial charge in [0.1, 0.15) is 30.3 Å². The molecule has 0 bridgehead atoms. The fourth-order valence-corrected chi connectivity index (χ4v) is 4.92. The minimum absolute atomic E-state index is 0.230. The van der Waals surface area contributed by atoms with Gasteiger partial charge in [-0.25, -0.2) is 9.97 Å². The van der Waals surface area contributed by atoms with Gasteiger partial charge in [0.05, 0.1) is 27.9 Å². The highest BCUT2D eigenvalue weighted by atomic mass is 35.5. The van der Waals surface area contributed by atoms with Gasteiger partial charge in [0.2, 0.25) is 0 Å². The molecule has 0 amide bonds. The molecule has 10 heteroatoms.